The molecule has 0 aromatic heterocycles. The van der Waals surface area contributed by atoms with E-state index in [0.717, 1.165) is 58.0 Å². The van der Waals surface area contributed by atoms with Crippen LogP contribution in [0, 0.1) is 0 Å². The van der Waals surface area contributed by atoms with E-state index in [1.54, 1.807) is 11.8 Å². The van der Waals surface area contributed by atoms with E-state index in [1.165, 1.54) is 0 Å². The Morgan fingerprint density at radius 2 is 1.90 bits per heavy atom. The fourth-order valence-electron chi connectivity index (χ4n) is 2.08. The smallest absolute Gasteiger partial charge is 0.232 e. The molecule has 122 valence electrons. The first-order valence-electron chi connectivity index (χ1n) is 7.06. The Balaban J connectivity index is 0. The third-order valence-electron chi connectivity index (χ3n) is 3.36. The Kier molecular flexibility index (Phi) is 16.1. The molecule has 0 radical (unpaired) electrons. The van der Waals surface area contributed by atoms with Crippen molar-refractivity contribution in [1.29, 1.82) is 0 Å². The average Bonchev–Trinajstić information content (AvgIpc) is 2.67. The summed E-state index contributed by atoms with van der Waals surface area (Å²) in [4.78, 5) is 16.4. The number of hydrogen-bond donors (Lipinski definition) is 1. The normalized spacial score (nSPS) is 15.2. The van der Waals surface area contributed by atoms with Crippen LogP contribution in [0.3, 0.4) is 0 Å². The Labute approximate surface area is 140 Å². The quantitative estimate of drug-likeness (QED) is 0.712. The Morgan fingerprint density at radius 3 is 2.55 bits per heavy atom. The van der Waals surface area contributed by atoms with Crippen molar-refractivity contribution in [3.8, 4) is 0 Å². The van der Waals surface area contributed by atoms with Crippen LogP contribution in [0.25, 0.3) is 0 Å². The van der Waals surface area contributed by atoms with Crippen LogP contribution in [0.1, 0.15) is 20.3 Å². The lowest BCUT2D eigenvalue weighted by Gasteiger charge is -2.20. The van der Waals surface area contributed by atoms with Gasteiger partial charge in [-0.15, -0.1) is 24.8 Å². The Bertz CT molecular complexity index is 236. The highest BCUT2D eigenvalue weighted by molar-refractivity contribution is 7.99. The second-order valence-corrected chi connectivity index (χ2v) is 5.67. The van der Waals surface area contributed by atoms with Gasteiger partial charge in [0.05, 0.1) is 5.75 Å². The molecule has 0 saturated carbocycles. The van der Waals surface area contributed by atoms with Gasteiger partial charge in [-0.05, 0) is 26.1 Å². The maximum atomic E-state index is 12.0. The minimum atomic E-state index is 0. The second kappa shape index (κ2) is 14.3. The number of thioether (sulfide) groups is 1. The molecule has 4 nitrogen and oxygen atoms in total. The minimum absolute atomic E-state index is 0. The highest BCUT2D eigenvalue weighted by Crippen LogP contribution is 2.05. The average molecular weight is 346 g/mol. The van der Waals surface area contributed by atoms with Gasteiger partial charge in [-0.1, -0.05) is 13.8 Å². The number of carbonyl (C=O) groups excluding carboxylic acids is 1. The minimum Gasteiger partial charge on any atom is -0.341 e. The molecule has 1 heterocycles. The van der Waals surface area contributed by atoms with E-state index in [-0.39, 0.29) is 24.8 Å². The third kappa shape index (κ3) is 9.29. The number of amides is 1. The van der Waals surface area contributed by atoms with Crippen molar-refractivity contribution >= 4 is 42.5 Å². The van der Waals surface area contributed by atoms with Crippen LogP contribution in [-0.2, 0) is 4.79 Å². The zero-order valence-electron chi connectivity index (χ0n) is 12.6. The van der Waals surface area contributed by atoms with Crippen molar-refractivity contribution in [3.63, 3.8) is 0 Å². The van der Waals surface area contributed by atoms with Crippen LogP contribution < -0.4 is 5.32 Å². The molecule has 1 amide bonds. The number of hydrogen-bond acceptors (Lipinski definition) is 4. The van der Waals surface area contributed by atoms with Crippen molar-refractivity contribution in [2.45, 2.75) is 20.3 Å². The largest absolute Gasteiger partial charge is 0.341 e. The standard InChI is InChI=1S/C13H27N3OS.2ClH/c1-3-15(4-2)10-11-18-12-13(17)16-8-5-6-14-7-9-16;;/h14H,3-12H2,1-2H3;2*1H. The number of carbonyl (C=O) groups is 1. The number of halogens is 2. The molecule has 0 bridgehead atoms. The first-order valence-corrected chi connectivity index (χ1v) is 8.22. The molecular weight excluding hydrogens is 317 g/mol. The van der Waals surface area contributed by atoms with Gasteiger partial charge in [-0.25, -0.2) is 0 Å². The van der Waals surface area contributed by atoms with E-state index in [9.17, 15) is 4.79 Å². The zero-order valence-corrected chi connectivity index (χ0v) is 15.0. The lowest BCUT2D eigenvalue weighted by atomic mass is 10.4. The predicted octanol–water partition coefficient (Wildman–Crippen LogP) is 1.73. The predicted molar refractivity (Wildman–Crippen MR) is 93.7 cm³/mol. The molecule has 1 N–H and O–H groups in total. The summed E-state index contributed by atoms with van der Waals surface area (Å²) in [7, 11) is 0. The van der Waals surface area contributed by atoms with Crippen molar-refractivity contribution in [2.24, 2.45) is 0 Å². The van der Waals surface area contributed by atoms with Crippen LogP contribution in [0.5, 0.6) is 0 Å². The number of nitrogens with zero attached hydrogens (tertiary/aromatic N) is 2. The number of nitrogens with one attached hydrogen (secondary N) is 1. The maximum absolute atomic E-state index is 12.0. The maximum Gasteiger partial charge on any atom is 0.232 e. The van der Waals surface area contributed by atoms with E-state index >= 15 is 0 Å². The van der Waals surface area contributed by atoms with Crippen LogP contribution in [0.2, 0.25) is 0 Å². The summed E-state index contributed by atoms with van der Waals surface area (Å²) >= 11 is 1.77. The molecule has 1 saturated heterocycles. The molecule has 0 atom stereocenters. The van der Waals surface area contributed by atoms with E-state index in [0.29, 0.717) is 11.7 Å². The molecule has 0 aromatic carbocycles. The van der Waals surface area contributed by atoms with Gasteiger partial charge in [0.1, 0.15) is 0 Å². The molecule has 0 aliphatic carbocycles. The molecule has 1 aliphatic rings. The van der Waals surface area contributed by atoms with Gasteiger partial charge >= 0.3 is 0 Å². The summed E-state index contributed by atoms with van der Waals surface area (Å²) in [6.45, 7) is 11.4. The molecule has 7 heteroatoms. The fourth-order valence-corrected chi connectivity index (χ4v) is 2.97. The van der Waals surface area contributed by atoms with Crippen molar-refractivity contribution in [2.75, 3.05) is 57.3 Å². The van der Waals surface area contributed by atoms with Crippen LogP contribution in [0.15, 0.2) is 0 Å². The Hall–Kier alpha value is 0.320. The molecule has 20 heavy (non-hydrogen) atoms. The summed E-state index contributed by atoms with van der Waals surface area (Å²) in [6, 6.07) is 0. The van der Waals surface area contributed by atoms with Gasteiger partial charge in [-0.2, -0.15) is 11.8 Å². The highest BCUT2D eigenvalue weighted by Gasteiger charge is 2.14. The SMILES string of the molecule is CCN(CC)CCSCC(=O)N1CCCNCC1.Cl.Cl. The molecule has 1 fully saturated rings. The summed E-state index contributed by atoms with van der Waals surface area (Å²) in [5.41, 5.74) is 0. The fraction of sp³-hybridized carbons (Fsp3) is 0.923. The summed E-state index contributed by atoms with van der Waals surface area (Å²) in [5, 5.41) is 3.32. The first kappa shape index (κ1) is 22.6. The molecular formula is C13H29Cl2N3OS. The van der Waals surface area contributed by atoms with Crippen LogP contribution in [0.4, 0.5) is 0 Å². The van der Waals surface area contributed by atoms with Gasteiger partial charge in [0.2, 0.25) is 5.91 Å². The summed E-state index contributed by atoms with van der Waals surface area (Å²) < 4.78 is 0. The van der Waals surface area contributed by atoms with Gasteiger partial charge in [0.15, 0.2) is 0 Å². The highest BCUT2D eigenvalue weighted by atomic mass is 35.5. The number of rotatable bonds is 7. The monoisotopic (exact) mass is 345 g/mol. The lowest BCUT2D eigenvalue weighted by Crippen LogP contribution is -2.35. The van der Waals surface area contributed by atoms with Gasteiger partial charge in [0, 0.05) is 31.9 Å². The van der Waals surface area contributed by atoms with Crippen LogP contribution >= 0.6 is 36.6 Å². The Morgan fingerprint density at radius 1 is 1.20 bits per heavy atom. The molecule has 1 rings (SSSR count). The first-order chi connectivity index (χ1) is 8.77. The van der Waals surface area contributed by atoms with E-state index in [1.807, 2.05) is 4.90 Å². The summed E-state index contributed by atoms with van der Waals surface area (Å²) in [6.07, 6.45) is 1.08. The summed E-state index contributed by atoms with van der Waals surface area (Å²) in [5.74, 6) is 2.00. The van der Waals surface area contributed by atoms with Gasteiger partial charge < -0.3 is 15.1 Å². The van der Waals surface area contributed by atoms with Crippen molar-refractivity contribution < 1.29 is 4.79 Å². The molecule has 0 unspecified atom stereocenters. The topological polar surface area (TPSA) is 35.6 Å². The van der Waals surface area contributed by atoms with Gasteiger partial charge in [0.25, 0.3) is 0 Å². The zero-order chi connectivity index (χ0) is 13.2. The lowest BCUT2D eigenvalue weighted by molar-refractivity contribution is -0.128. The molecule has 0 spiro atoms. The van der Waals surface area contributed by atoms with E-state index in [2.05, 4.69) is 24.1 Å². The van der Waals surface area contributed by atoms with Crippen LogP contribution in [-0.4, -0.2) is 73.0 Å². The van der Waals surface area contributed by atoms with Crippen molar-refractivity contribution in [1.82, 2.24) is 15.1 Å². The second-order valence-electron chi connectivity index (χ2n) is 4.56. The van der Waals surface area contributed by atoms with Crippen molar-refractivity contribution in [3.05, 3.63) is 0 Å². The molecule has 0 aromatic rings. The van der Waals surface area contributed by atoms with Gasteiger partial charge in [-0.3, -0.25) is 4.79 Å². The third-order valence-corrected chi connectivity index (χ3v) is 4.29. The van der Waals surface area contributed by atoms with E-state index < -0.39 is 0 Å². The van der Waals surface area contributed by atoms with E-state index in [4.69, 9.17) is 0 Å². The molecule has 1 aliphatic heterocycles.